The number of aromatic nitrogens is 2. The summed E-state index contributed by atoms with van der Waals surface area (Å²) >= 11 is 0. The number of imidazole rings is 1. The van der Waals surface area contributed by atoms with Gasteiger partial charge in [-0.3, -0.25) is 4.57 Å². The summed E-state index contributed by atoms with van der Waals surface area (Å²) in [5.41, 5.74) is 4.59. The molecule has 0 bridgehead atoms. The second-order valence-electron chi connectivity index (χ2n) is 10.0. The largest absolute Gasteiger partial charge is 0.494 e. The molecule has 4 aromatic carbocycles. The van der Waals surface area contributed by atoms with Gasteiger partial charge >= 0.3 is 7.12 Å². The number of hydrogen-bond donors (Lipinski definition) is 0. The third kappa shape index (κ3) is 3.35. The fourth-order valence-corrected chi connectivity index (χ4v) is 4.59. The molecule has 34 heavy (non-hydrogen) atoms. The number of rotatable bonds is 3. The predicted octanol–water partition coefficient (Wildman–Crippen LogP) is 6.14. The van der Waals surface area contributed by atoms with E-state index in [-0.39, 0.29) is 18.3 Å². The fourth-order valence-electron chi connectivity index (χ4n) is 4.59. The summed E-state index contributed by atoms with van der Waals surface area (Å²) in [7, 11) is -0.364. The number of para-hydroxylation sites is 3. The van der Waals surface area contributed by atoms with Gasteiger partial charge < -0.3 is 9.31 Å². The first kappa shape index (κ1) is 21.1. The molecule has 1 aliphatic rings. The molecule has 1 fully saturated rings. The van der Waals surface area contributed by atoms with Crippen LogP contribution in [0.2, 0.25) is 0 Å². The molecule has 0 saturated carbocycles. The average molecular weight is 446 g/mol. The Morgan fingerprint density at radius 2 is 1.35 bits per heavy atom. The third-order valence-corrected chi connectivity index (χ3v) is 7.22. The summed E-state index contributed by atoms with van der Waals surface area (Å²) in [5, 5.41) is 2.31. The second-order valence-corrected chi connectivity index (χ2v) is 10.0. The first-order valence-corrected chi connectivity index (χ1v) is 11.8. The van der Waals surface area contributed by atoms with Crippen molar-refractivity contribution in [2.75, 3.05) is 0 Å². The van der Waals surface area contributed by atoms with Gasteiger partial charge in [-0.1, -0.05) is 60.7 Å². The minimum absolute atomic E-state index is 0.354. The SMILES string of the molecule is CC1(C)OB(c2ccc3cc(-c4nc5ccccc5n4-c4ccccc4)ccc3c2)OC1(C)C. The first-order valence-electron chi connectivity index (χ1n) is 11.8. The molecule has 0 unspecified atom stereocenters. The normalized spacial score (nSPS) is 17.0. The van der Waals surface area contributed by atoms with E-state index in [4.69, 9.17) is 14.3 Å². The maximum Gasteiger partial charge on any atom is 0.494 e. The van der Waals surface area contributed by atoms with Crippen molar-refractivity contribution in [3.05, 3.63) is 91.0 Å². The van der Waals surface area contributed by atoms with E-state index in [0.29, 0.717) is 0 Å². The molecule has 0 spiro atoms. The van der Waals surface area contributed by atoms with Crippen LogP contribution in [0.4, 0.5) is 0 Å². The molecular formula is C29H27BN2O2. The summed E-state index contributed by atoms with van der Waals surface area (Å²) in [5.74, 6) is 0.935. The summed E-state index contributed by atoms with van der Waals surface area (Å²) in [6, 6.07) is 31.6. The van der Waals surface area contributed by atoms with Gasteiger partial charge in [0.2, 0.25) is 0 Å². The highest BCUT2D eigenvalue weighted by Crippen LogP contribution is 2.37. The van der Waals surface area contributed by atoms with Crippen LogP contribution in [0.1, 0.15) is 27.7 Å². The molecule has 1 saturated heterocycles. The molecule has 1 aliphatic heterocycles. The zero-order chi connectivity index (χ0) is 23.5. The van der Waals surface area contributed by atoms with Gasteiger partial charge in [0.1, 0.15) is 5.82 Å². The maximum atomic E-state index is 6.25. The first-order chi connectivity index (χ1) is 16.3. The van der Waals surface area contributed by atoms with Crippen molar-refractivity contribution in [3.8, 4) is 17.1 Å². The highest BCUT2D eigenvalue weighted by molar-refractivity contribution is 6.62. The molecule has 4 nitrogen and oxygen atoms in total. The van der Waals surface area contributed by atoms with Crippen LogP contribution in [0, 0.1) is 0 Å². The number of hydrogen-bond acceptors (Lipinski definition) is 3. The van der Waals surface area contributed by atoms with Gasteiger partial charge in [0, 0.05) is 11.3 Å². The molecule has 2 heterocycles. The van der Waals surface area contributed by atoms with E-state index in [1.54, 1.807) is 0 Å². The quantitative estimate of drug-likeness (QED) is 0.312. The highest BCUT2D eigenvalue weighted by atomic mass is 16.7. The van der Waals surface area contributed by atoms with Gasteiger partial charge in [0.25, 0.3) is 0 Å². The molecule has 1 aromatic heterocycles. The van der Waals surface area contributed by atoms with E-state index in [9.17, 15) is 0 Å². The predicted molar refractivity (Wildman–Crippen MR) is 140 cm³/mol. The molecule has 0 atom stereocenters. The minimum atomic E-state index is -0.364. The van der Waals surface area contributed by atoms with E-state index in [0.717, 1.165) is 44.3 Å². The van der Waals surface area contributed by atoms with Crippen LogP contribution in [-0.2, 0) is 9.31 Å². The number of fused-ring (bicyclic) bond motifs is 2. The zero-order valence-corrected chi connectivity index (χ0v) is 19.9. The Balaban J connectivity index is 1.43. The van der Waals surface area contributed by atoms with Gasteiger partial charge in [0.05, 0.1) is 22.2 Å². The fraction of sp³-hybridized carbons (Fsp3) is 0.207. The average Bonchev–Trinajstić information content (AvgIpc) is 3.32. The lowest BCUT2D eigenvalue weighted by Gasteiger charge is -2.32. The van der Waals surface area contributed by atoms with Crippen LogP contribution < -0.4 is 5.46 Å². The highest BCUT2D eigenvalue weighted by Gasteiger charge is 2.51. The van der Waals surface area contributed by atoms with Crippen molar-refractivity contribution in [1.82, 2.24) is 9.55 Å². The minimum Gasteiger partial charge on any atom is -0.399 e. The van der Waals surface area contributed by atoms with E-state index < -0.39 is 0 Å². The summed E-state index contributed by atoms with van der Waals surface area (Å²) in [6.45, 7) is 8.33. The number of benzene rings is 4. The Morgan fingerprint density at radius 1 is 0.706 bits per heavy atom. The van der Waals surface area contributed by atoms with Gasteiger partial charge in [-0.05, 0) is 74.3 Å². The molecule has 0 N–H and O–H groups in total. The molecule has 5 aromatic rings. The van der Waals surface area contributed by atoms with Crippen molar-refractivity contribution in [2.24, 2.45) is 0 Å². The lowest BCUT2D eigenvalue weighted by atomic mass is 9.78. The van der Waals surface area contributed by atoms with E-state index in [2.05, 4.69) is 111 Å². The van der Waals surface area contributed by atoms with E-state index in [1.807, 2.05) is 12.1 Å². The smallest absolute Gasteiger partial charge is 0.399 e. The Kier molecular flexibility index (Phi) is 4.70. The van der Waals surface area contributed by atoms with Crippen molar-refractivity contribution in [3.63, 3.8) is 0 Å². The molecule has 0 aliphatic carbocycles. The maximum absolute atomic E-state index is 6.25. The second kappa shape index (κ2) is 7.56. The number of nitrogens with zero attached hydrogens (tertiary/aromatic N) is 2. The van der Waals surface area contributed by atoms with Crippen molar-refractivity contribution < 1.29 is 9.31 Å². The lowest BCUT2D eigenvalue weighted by molar-refractivity contribution is 0.00578. The molecule has 6 rings (SSSR count). The molecule has 168 valence electrons. The zero-order valence-electron chi connectivity index (χ0n) is 19.9. The van der Waals surface area contributed by atoms with Crippen molar-refractivity contribution >= 4 is 34.4 Å². The standard InChI is InChI=1S/C29H27BN2O2/c1-28(2)29(3,4)34-30(33-28)23-17-16-20-18-22(15-14-21(20)19-23)27-31-25-12-8-9-13-26(25)32(27)24-10-6-5-7-11-24/h5-19H,1-4H3. The Labute approximate surface area is 200 Å². The topological polar surface area (TPSA) is 36.3 Å². The third-order valence-electron chi connectivity index (χ3n) is 7.22. The van der Waals surface area contributed by atoms with Gasteiger partial charge in [-0.25, -0.2) is 4.98 Å². The Hall–Kier alpha value is -3.41. The Bertz CT molecular complexity index is 1510. The van der Waals surface area contributed by atoms with Crippen LogP contribution in [0.3, 0.4) is 0 Å². The van der Waals surface area contributed by atoms with Crippen LogP contribution in [-0.4, -0.2) is 27.9 Å². The van der Waals surface area contributed by atoms with Crippen LogP contribution in [0.25, 0.3) is 38.9 Å². The lowest BCUT2D eigenvalue weighted by Crippen LogP contribution is -2.41. The summed E-state index contributed by atoms with van der Waals surface area (Å²) < 4.78 is 14.7. The Morgan fingerprint density at radius 3 is 2.12 bits per heavy atom. The summed E-state index contributed by atoms with van der Waals surface area (Å²) in [4.78, 5) is 5.00. The monoisotopic (exact) mass is 446 g/mol. The van der Waals surface area contributed by atoms with E-state index >= 15 is 0 Å². The van der Waals surface area contributed by atoms with Gasteiger partial charge in [-0.15, -0.1) is 0 Å². The van der Waals surface area contributed by atoms with Crippen molar-refractivity contribution in [2.45, 2.75) is 38.9 Å². The molecular weight excluding hydrogens is 419 g/mol. The van der Waals surface area contributed by atoms with Crippen molar-refractivity contribution in [1.29, 1.82) is 0 Å². The van der Waals surface area contributed by atoms with Gasteiger partial charge in [0.15, 0.2) is 0 Å². The van der Waals surface area contributed by atoms with E-state index in [1.165, 1.54) is 0 Å². The molecule has 0 radical (unpaired) electrons. The molecule has 5 heteroatoms. The summed E-state index contributed by atoms with van der Waals surface area (Å²) in [6.07, 6.45) is 0. The molecule has 0 amide bonds. The van der Waals surface area contributed by atoms with Crippen LogP contribution >= 0.6 is 0 Å². The van der Waals surface area contributed by atoms with Crippen LogP contribution in [0.15, 0.2) is 91.0 Å². The van der Waals surface area contributed by atoms with Crippen LogP contribution in [0.5, 0.6) is 0 Å². The van der Waals surface area contributed by atoms with Gasteiger partial charge in [-0.2, -0.15) is 0 Å².